The van der Waals surface area contributed by atoms with Crippen molar-refractivity contribution in [3.8, 4) is 0 Å². The fourth-order valence-electron chi connectivity index (χ4n) is 1.13. The number of benzene rings is 1. The van der Waals surface area contributed by atoms with Crippen molar-refractivity contribution < 1.29 is 13.2 Å². The molecular weight excluding hydrogens is 261 g/mol. The summed E-state index contributed by atoms with van der Waals surface area (Å²) in [6.45, 7) is 0.120. The highest BCUT2D eigenvalue weighted by atomic mass is 35.5. The van der Waals surface area contributed by atoms with Crippen molar-refractivity contribution in [1.82, 2.24) is 0 Å². The zero-order valence-electron chi connectivity index (χ0n) is 8.20. The van der Waals surface area contributed by atoms with Crippen LogP contribution in [-0.4, -0.2) is 12.1 Å². The Labute approximate surface area is 102 Å². The van der Waals surface area contributed by atoms with Gasteiger partial charge in [0.25, 0.3) is 0 Å². The number of thioether (sulfide) groups is 1. The third-order valence-corrected chi connectivity index (χ3v) is 2.62. The third-order valence-electron chi connectivity index (χ3n) is 1.80. The first-order valence-corrected chi connectivity index (χ1v) is 5.06. The Balaban J connectivity index is 0.00000225. The van der Waals surface area contributed by atoms with Crippen LogP contribution in [0, 0.1) is 0 Å². The van der Waals surface area contributed by atoms with Gasteiger partial charge >= 0.3 is 5.51 Å². The standard InChI is InChI=1S/C9H11F3N2S.ClH/c10-9(11,12)15-8-4-2-1-3-6(8)7(14)5-13;/h1-4,7H,5,13-14H2;1H/t7-;/m1./s1. The van der Waals surface area contributed by atoms with E-state index in [1.54, 1.807) is 18.2 Å². The Bertz CT molecular complexity index is 333. The molecule has 0 unspecified atom stereocenters. The molecule has 0 spiro atoms. The Morgan fingerprint density at radius 2 is 1.81 bits per heavy atom. The molecule has 7 heteroatoms. The first kappa shape index (κ1) is 15.6. The Kier molecular flexibility index (Phi) is 6.17. The van der Waals surface area contributed by atoms with Gasteiger partial charge in [-0.15, -0.1) is 12.4 Å². The fraction of sp³-hybridized carbons (Fsp3) is 0.333. The van der Waals surface area contributed by atoms with E-state index >= 15 is 0 Å². The molecule has 2 nitrogen and oxygen atoms in total. The van der Waals surface area contributed by atoms with E-state index < -0.39 is 11.6 Å². The Hall–Kier alpha value is -0.430. The number of nitrogens with two attached hydrogens (primary N) is 2. The lowest BCUT2D eigenvalue weighted by atomic mass is 10.1. The van der Waals surface area contributed by atoms with E-state index in [0.29, 0.717) is 5.56 Å². The number of rotatable bonds is 3. The molecule has 0 bridgehead atoms. The fourth-order valence-corrected chi connectivity index (χ4v) is 1.86. The van der Waals surface area contributed by atoms with E-state index in [9.17, 15) is 13.2 Å². The lowest BCUT2D eigenvalue weighted by molar-refractivity contribution is -0.0328. The SMILES string of the molecule is Cl.NC[C@@H](N)c1ccccc1SC(F)(F)F. The molecule has 0 amide bonds. The van der Waals surface area contributed by atoms with Gasteiger partial charge in [0.1, 0.15) is 0 Å². The third kappa shape index (κ3) is 4.61. The van der Waals surface area contributed by atoms with Crippen molar-refractivity contribution in [2.75, 3.05) is 6.54 Å². The van der Waals surface area contributed by atoms with Crippen LogP contribution in [0.4, 0.5) is 13.2 Å². The van der Waals surface area contributed by atoms with Crippen LogP contribution in [0.5, 0.6) is 0 Å². The maximum atomic E-state index is 12.2. The van der Waals surface area contributed by atoms with Gasteiger partial charge in [0.2, 0.25) is 0 Å². The average molecular weight is 273 g/mol. The van der Waals surface area contributed by atoms with Crippen molar-refractivity contribution in [3.05, 3.63) is 29.8 Å². The second kappa shape index (κ2) is 6.34. The molecule has 0 radical (unpaired) electrons. The van der Waals surface area contributed by atoms with Gasteiger partial charge < -0.3 is 11.5 Å². The van der Waals surface area contributed by atoms with Crippen LogP contribution in [0.25, 0.3) is 0 Å². The van der Waals surface area contributed by atoms with Crippen molar-refractivity contribution >= 4 is 24.2 Å². The highest BCUT2D eigenvalue weighted by Gasteiger charge is 2.30. The molecule has 0 aliphatic carbocycles. The highest BCUT2D eigenvalue weighted by Crippen LogP contribution is 2.39. The summed E-state index contributed by atoms with van der Waals surface area (Å²) in [7, 11) is 0. The molecule has 0 saturated heterocycles. The maximum Gasteiger partial charge on any atom is 0.446 e. The van der Waals surface area contributed by atoms with Crippen LogP contribution in [0.2, 0.25) is 0 Å². The van der Waals surface area contributed by atoms with Gasteiger partial charge in [-0.3, -0.25) is 0 Å². The van der Waals surface area contributed by atoms with Gasteiger partial charge in [-0.1, -0.05) is 18.2 Å². The van der Waals surface area contributed by atoms with E-state index in [0.717, 1.165) is 0 Å². The largest absolute Gasteiger partial charge is 0.446 e. The summed E-state index contributed by atoms with van der Waals surface area (Å²) in [5.74, 6) is 0. The monoisotopic (exact) mass is 272 g/mol. The number of alkyl halides is 3. The minimum Gasteiger partial charge on any atom is -0.329 e. The summed E-state index contributed by atoms with van der Waals surface area (Å²) in [6.07, 6.45) is 0. The van der Waals surface area contributed by atoms with Crippen LogP contribution in [0.15, 0.2) is 29.2 Å². The molecule has 0 aromatic heterocycles. The van der Waals surface area contributed by atoms with Crippen molar-refractivity contribution in [2.24, 2.45) is 11.5 Å². The molecular formula is C9H12ClF3N2S. The van der Waals surface area contributed by atoms with Gasteiger partial charge in [-0.2, -0.15) is 13.2 Å². The number of hydrogen-bond acceptors (Lipinski definition) is 3. The normalized spacial score (nSPS) is 13.1. The van der Waals surface area contributed by atoms with Gasteiger partial charge in [0, 0.05) is 17.5 Å². The molecule has 0 saturated carbocycles. The van der Waals surface area contributed by atoms with Crippen LogP contribution >= 0.6 is 24.2 Å². The molecule has 1 aromatic carbocycles. The molecule has 1 rings (SSSR count). The molecule has 1 aromatic rings. The topological polar surface area (TPSA) is 52.0 Å². The van der Waals surface area contributed by atoms with Gasteiger partial charge in [-0.25, -0.2) is 0 Å². The predicted octanol–water partition coefficient (Wildman–Crippen LogP) is 2.68. The predicted molar refractivity (Wildman–Crippen MR) is 61.6 cm³/mol. The van der Waals surface area contributed by atoms with E-state index in [2.05, 4.69) is 0 Å². The number of hydrogen-bond donors (Lipinski definition) is 2. The zero-order valence-corrected chi connectivity index (χ0v) is 9.83. The summed E-state index contributed by atoms with van der Waals surface area (Å²) in [6, 6.07) is 5.58. The van der Waals surface area contributed by atoms with Gasteiger partial charge in [0.05, 0.1) is 0 Å². The second-order valence-corrected chi connectivity index (χ2v) is 4.03. The van der Waals surface area contributed by atoms with E-state index in [4.69, 9.17) is 11.5 Å². The van der Waals surface area contributed by atoms with Crippen molar-refractivity contribution in [1.29, 1.82) is 0 Å². The molecule has 0 aliphatic heterocycles. The Morgan fingerprint density at radius 3 is 2.31 bits per heavy atom. The highest BCUT2D eigenvalue weighted by molar-refractivity contribution is 8.00. The summed E-state index contributed by atoms with van der Waals surface area (Å²) in [5, 5.41) is 0. The first-order valence-electron chi connectivity index (χ1n) is 4.24. The zero-order chi connectivity index (χ0) is 11.5. The van der Waals surface area contributed by atoms with Crippen molar-refractivity contribution in [3.63, 3.8) is 0 Å². The smallest absolute Gasteiger partial charge is 0.329 e. The van der Waals surface area contributed by atoms with Crippen molar-refractivity contribution in [2.45, 2.75) is 16.4 Å². The Morgan fingerprint density at radius 1 is 1.25 bits per heavy atom. The van der Waals surface area contributed by atoms with E-state index in [1.165, 1.54) is 6.07 Å². The summed E-state index contributed by atoms with van der Waals surface area (Å²) >= 11 is -0.164. The van der Waals surface area contributed by atoms with Crippen LogP contribution in [0.1, 0.15) is 11.6 Å². The molecule has 0 fully saturated rings. The second-order valence-electron chi connectivity index (χ2n) is 2.93. The summed E-state index contributed by atoms with van der Waals surface area (Å²) in [4.78, 5) is 0.114. The van der Waals surface area contributed by atoms with Crippen LogP contribution in [0.3, 0.4) is 0 Å². The molecule has 1 atom stereocenters. The van der Waals surface area contributed by atoms with Gasteiger partial charge in [-0.05, 0) is 23.4 Å². The average Bonchev–Trinajstić information content (AvgIpc) is 2.15. The van der Waals surface area contributed by atoms with Crippen LogP contribution in [-0.2, 0) is 0 Å². The van der Waals surface area contributed by atoms with Crippen LogP contribution < -0.4 is 11.5 Å². The lowest BCUT2D eigenvalue weighted by Crippen LogP contribution is -2.21. The lowest BCUT2D eigenvalue weighted by Gasteiger charge is -2.15. The van der Waals surface area contributed by atoms with E-state index in [1.807, 2.05) is 0 Å². The molecule has 16 heavy (non-hydrogen) atoms. The maximum absolute atomic E-state index is 12.2. The number of halogens is 4. The molecule has 92 valence electrons. The minimum atomic E-state index is -4.30. The first-order chi connectivity index (χ1) is 6.94. The van der Waals surface area contributed by atoms with Gasteiger partial charge in [0.15, 0.2) is 0 Å². The molecule has 0 aliphatic rings. The van der Waals surface area contributed by atoms with E-state index in [-0.39, 0.29) is 35.6 Å². The minimum absolute atomic E-state index is 0. The molecule has 4 N–H and O–H groups in total. The summed E-state index contributed by atoms with van der Waals surface area (Å²) in [5.41, 5.74) is 7.06. The summed E-state index contributed by atoms with van der Waals surface area (Å²) < 4.78 is 36.5. The quantitative estimate of drug-likeness (QED) is 0.832. The molecule has 0 heterocycles.